The molecule has 0 saturated carbocycles. The van der Waals surface area contributed by atoms with Crippen molar-refractivity contribution < 1.29 is 0 Å². The molecule has 0 heterocycles. The summed E-state index contributed by atoms with van der Waals surface area (Å²) in [5.74, 6) is 0. The topological polar surface area (TPSA) is 35.8 Å². The third-order valence-electron chi connectivity index (χ3n) is 1.17. The van der Waals surface area contributed by atoms with Gasteiger partial charge in [0.1, 0.15) is 0 Å². The summed E-state index contributed by atoms with van der Waals surface area (Å²) in [6.45, 7) is 6.60. The molecule has 0 aliphatic rings. The molecular weight excluding hydrogens is 112 g/mol. The zero-order valence-corrected chi connectivity index (χ0v) is 6.15. The van der Waals surface area contributed by atoms with Gasteiger partial charge in [-0.25, -0.2) is 0 Å². The van der Waals surface area contributed by atoms with Gasteiger partial charge in [0.25, 0.3) is 0 Å². The maximum atomic E-state index is 8.38. The number of hydrogen-bond donors (Lipinski definition) is 1. The zero-order chi connectivity index (χ0) is 7.28. The van der Waals surface area contributed by atoms with E-state index in [1.54, 1.807) is 6.92 Å². The minimum Gasteiger partial charge on any atom is -0.388 e. The van der Waals surface area contributed by atoms with Gasteiger partial charge in [0, 0.05) is 17.8 Å². The predicted octanol–water partition coefficient (Wildman–Crippen LogP) is 1.41. The van der Waals surface area contributed by atoms with E-state index in [1.165, 1.54) is 0 Å². The lowest BCUT2D eigenvalue weighted by Gasteiger charge is -2.01. The second-order valence-electron chi connectivity index (χ2n) is 1.89. The number of allylic oxidation sites excluding steroid dienone is 2. The van der Waals surface area contributed by atoms with Crippen molar-refractivity contribution in [2.24, 2.45) is 0 Å². The highest BCUT2D eigenvalue weighted by molar-refractivity contribution is 5.22. The van der Waals surface area contributed by atoms with E-state index in [1.807, 2.05) is 13.8 Å². The highest BCUT2D eigenvalue weighted by Gasteiger charge is 1.90. The van der Waals surface area contributed by atoms with Gasteiger partial charge in [-0.2, -0.15) is 5.26 Å². The molecule has 0 aromatic heterocycles. The monoisotopic (exact) mass is 124 g/mol. The van der Waals surface area contributed by atoms with E-state index in [0.717, 1.165) is 17.8 Å². The Morgan fingerprint density at radius 1 is 1.56 bits per heavy atom. The molecule has 0 aliphatic carbocycles. The van der Waals surface area contributed by atoms with Gasteiger partial charge in [0.05, 0.1) is 6.07 Å². The molecule has 0 atom stereocenters. The van der Waals surface area contributed by atoms with Crippen molar-refractivity contribution in [3.05, 3.63) is 11.3 Å². The Balaban J connectivity index is 3.98. The van der Waals surface area contributed by atoms with Crippen LogP contribution in [0.2, 0.25) is 0 Å². The van der Waals surface area contributed by atoms with Gasteiger partial charge in [-0.15, -0.1) is 0 Å². The van der Waals surface area contributed by atoms with Crippen LogP contribution in [0.25, 0.3) is 0 Å². The minimum atomic E-state index is 0.761. The highest BCUT2D eigenvalue weighted by Crippen LogP contribution is 1.95. The largest absolute Gasteiger partial charge is 0.388 e. The Morgan fingerprint density at radius 3 is 2.44 bits per heavy atom. The van der Waals surface area contributed by atoms with Gasteiger partial charge < -0.3 is 5.32 Å². The lowest BCUT2D eigenvalue weighted by atomic mass is 10.3. The van der Waals surface area contributed by atoms with Crippen LogP contribution < -0.4 is 5.32 Å². The van der Waals surface area contributed by atoms with E-state index >= 15 is 0 Å². The lowest BCUT2D eigenvalue weighted by molar-refractivity contribution is 0.844. The average molecular weight is 124 g/mol. The molecular formula is C7H12N2. The van der Waals surface area contributed by atoms with E-state index in [9.17, 15) is 0 Å². The van der Waals surface area contributed by atoms with Crippen molar-refractivity contribution in [2.45, 2.75) is 20.8 Å². The van der Waals surface area contributed by atoms with Gasteiger partial charge in [-0.05, 0) is 20.8 Å². The molecule has 2 heteroatoms. The van der Waals surface area contributed by atoms with Crippen LogP contribution >= 0.6 is 0 Å². The van der Waals surface area contributed by atoms with Crippen molar-refractivity contribution in [3.63, 3.8) is 0 Å². The first-order valence-electron chi connectivity index (χ1n) is 3.03. The molecule has 0 fully saturated rings. The second kappa shape index (κ2) is 3.96. The molecule has 0 spiro atoms. The van der Waals surface area contributed by atoms with Crippen molar-refractivity contribution in [2.75, 3.05) is 6.54 Å². The first-order valence-corrected chi connectivity index (χ1v) is 3.03. The van der Waals surface area contributed by atoms with Crippen LogP contribution in [-0.2, 0) is 0 Å². The normalized spacial score (nSPS) is 11.8. The van der Waals surface area contributed by atoms with E-state index < -0.39 is 0 Å². The first-order chi connectivity index (χ1) is 4.22. The van der Waals surface area contributed by atoms with Gasteiger partial charge in [-0.1, -0.05) is 0 Å². The summed E-state index contributed by atoms with van der Waals surface area (Å²) in [5, 5.41) is 11.4. The Hall–Kier alpha value is -0.970. The van der Waals surface area contributed by atoms with Crippen LogP contribution in [0, 0.1) is 11.3 Å². The van der Waals surface area contributed by atoms with Gasteiger partial charge in [-0.3, -0.25) is 0 Å². The molecule has 0 aromatic carbocycles. The maximum absolute atomic E-state index is 8.38. The van der Waals surface area contributed by atoms with Crippen molar-refractivity contribution in [3.8, 4) is 6.07 Å². The zero-order valence-electron chi connectivity index (χ0n) is 6.15. The molecule has 0 rings (SSSR count). The highest BCUT2D eigenvalue weighted by atomic mass is 14.9. The molecule has 0 aliphatic heterocycles. The summed E-state index contributed by atoms with van der Waals surface area (Å²) in [5.41, 5.74) is 1.73. The summed E-state index contributed by atoms with van der Waals surface area (Å²) >= 11 is 0. The summed E-state index contributed by atoms with van der Waals surface area (Å²) < 4.78 is 0. The second-order valence-corrected chi connectivity index (χ2v) is 1.89. The SMILES string of the molecule is CCN/C(C)=C(\C)C#N. The van der Waals surface area contributed by atoms with E-state index in [0.29, 0.717) is 0 Å². The Labute approximate surface area is 56.2 Å². The van der Waals surface area contributed by atoms with E-state index in [4.69, 9.17) is 5.26 Å². The van der Waals surface area contributed by atoms with Crippen LogP contribution in [0.3, 0.4) is 0 Å². The number of hydrogen-bond acceptors (Lipinski definition) is 2. The number of rotatable bonds is 2. The molecule has 0 amide bonds. The summed E-state index contributed by atoms with van der Waals surface area (Å²) in [6.07, 6.45) is 0. The fraction of sp³-hybridized carbons (Fsp3) is 0.571. The quantitative estimate of drug-likeness (QED) is 0.565. The van der Waals surface area contributed by atoms with Crippen molar-refractivity contribution in [1.29, 1.82) is 5.26 Å². The van der Waals surface area contributed by atoms with Gasteiger partial charge in [0.15, 0.2) is 0 Å². The fourth-order valence-corrected chi connectivity index (χ4v) is 0.482. The average Bonchev–Trinajstić information content (AvgIpc) is 1.87. The van der Waals surface area contributed by atoms with E-state index in [2.05, 4.69) is 11.4 Å². The molecule has 0 aromatic rings. The molecule has 0 radical (unpaired) electrons. The molecule has 0 saturated heterocycles. The number of nitrogens with zero attached hydrogens (tertiary/aromatic N) is 1. The van der Waals surface area contributed by atoms with Crippen LogP contribution in [0.5, 0.6) is 0 Å². The summed E-state index contributed by atoms with van der Waals surface area (Å²) in [4.78, 5) is 0. The number of nitrogens with one attached hydrogen (secondary N) is 1. The smallest absolute Gasteiger partial charge is 0.0962 e. The first kappa shape index (κ1) is 8.03. The van der Waals surface area contributed by atoms with Crippen LogP contribution in [0.1, 0.15) is 20.8 Å². The molecule has 2 nitrogen and oxygen atoms in total. The summed E-state index contributed by atoms with van der Waals surface area (Å²) in [7, 11) is 0. The predicted molar refractivity (Wildman–Crippen MR) is 37.7 cm³/mol. The van der Waals surface area contributed by atoms with Gasteiger partial charge in [0.2, 0.25) is 0 Å². The molecule has 0 bridgehead atoms. The summed E-state index contributed by atoms with van der Waals surface area (Å²) in [6, 6.07) is 2.07. The Kier molecular flexibility index (Phi) is 3.54. The minimum absolute atomic E-state index is 0.761. The van der Waals surface area contributed by atoms with Gasteiger partial charge >= 0.3 is 0 Å². The van der Waals surface area contributed by atoms with Crippen LogP contribution in [0.4, 0.5) is 0 Å². The Morgan fingerprint density at radius 2 is 2.11 bits per heavy atom. The molecule has 0 unspecified atom stereocenters. The van der Waals surface area contributed by atoms with Crippen molar-refractivity contribution in [1.82, 2.24) is 5.32 Å². The molecule has 50 valence electrons. The third-order valence-corrected chi connectivity index (χ3v) is 1.17. The van der Waals surface area contributed by atoms with Crippen molar-refractivity contribution >= 4 is 0 Å². The van der Waals surface area contributed by atoms with Crippen LogP contribution in [0.15, 0.2) is 11.3 Å². The maximum Gasteiger partial charge on any atom is 0.0962 e. The third kappa shape index (κ3) is 2.76. The van der Waals surface area contributed by atoms with E-state index in [-0.39, 0.29) is 0 Å². The molecule has 9 heavy (non-hydrogen) atoms. The van der Waals surface area contributed by atoms with Crippen LogP contribution in [-0.4, -0.2) is 6.54 Å². The standard InChI is InChI=1S/C7H12N2/c1-4-9-7(3)6(2)5-8/h9H,4H2,1-3H3/b7-6+. The lowest BCUT2D eigenvalue weighted by Crippen LogP contribution is -2.10. The fourth-order valence-electron chi connectivity index (χ4n) is 0.482. The molecule has 1 N–H and O–H groups in total. The number of nitriles is 1. The Bertz CT molecular complexity index is 151.